The molecule has 0 aliphatic rings. The zero-order valence-corrected chi connectivity index (χ0v) is 15.7. The van der Waals surface area contributed by atoms with Crippen LogP contribution in [0.4, 0.5) is 19.4 Å². The summed E-state index contributed by atoms with van der Waals surface area (Å²) in [5.74, 6) is -2.92. The van der Waals surface area contributed by atoms with E-state index in [1.165, 1.54) is 31.7 Å². The van der Waals surface area contributed by atoms with Gasteiger partial charge in [-0.2, -0.15) is 0 Å². The summed E-state index contributed by atoms with van der Waals surface area (Å²) in [5, 5.41) is 0.272. The summed E-state index contributed by atoms with van der Waals surface area (Å²) >= 11 is 6.46. The molecule has 0 aliphatic heterocycles. The standard InChI is InChI=1S/C14H13ClF2N2O4S2/c1-14(2,3)23-13(20)19(10-6-24-7-18-10)25(21,22)9-5-4-8(16)11(15)12(9)17/h4-7H,1-3H3. The third-order valence-corrected chi connectivity index (χ3v) is 5.31. The molecule has 2 rings (SSSR count). The van der Waals surface area contributed by atoms with E-state index in [-0.39, 0.29) is 10.1 Å². The molecule has 136 valence electrons. The molecular weight excluding hydrogens is 398 g/mol. The molecule has 0 fully saturated rings. The zero-order chi connectivity index (χ0) is 19.0. The summed E-state index contributed by atoms with van der Waals surface area (Å²) in [7, 11) is -4.79. The number of hydrogen-bond donors (Lipinski definition) is 0. The Morgan fingerprint density at radius 1 is 1.32 bits per heavy atom. The number of amides is 1. The van der Waals surface area contributed by atoms with Gasteiger partial charge in [-0.25, -0.2) is 27.0 Å². The molecular formula is C14H13ClF2N2O4S2. The van der Waals surface area contributed by atoms with Crippen molar-refractivity contribution < 1.29 is 26.7 Å². The van der Waals surface area contributed by atoms with E-state index in [0.717, 1.165) is 11.3 Å². The average molecular weight is 411 g/mol. The average Bonchev–Trinajstić information content (AvgIpc) is 2.96. The lowest BCUT2D eigenvalue weighted by molar-refractivity contribution is 0.0608. The fourth-order valence-electron chi connectivity index (χ4n) is 1.73. The molecule has 11 heteroatoms. The number of halogens is 3. The minimum atomic E-state index is -4.79. The minimum Gasteiger partial charge on any atom is -0.443 e. The first-order valence-electron chi connectivity index (χ1n) is 6.75. The Hall–Kier alpha value is -1.78. The van der Waals surface area contributed by atoms with Crippen LogP contribution >= 0.6 is 22.9 Å². The maximum absolute atomic E-state index is 14.2. The molecule has 1 aromatic carbocycles. The van der Waals surface area contributed by atoms with Crippen LogP contribution in [0, 0.1) is 11.6 Å². The van der Waals surface area contributed by atoms with Gasteiger partial charge in [-0.05, 0) is 32.9 Å². The molecule has 1 aromatic heterocycles. The van der Waals surface area contributed by atoms with Gasteiger partial charge in [-0.15, -0.1) is 15.6 Å². The number of carbonyl (C=O) groups is 1. The number of rotatable bonds is 3. The fourth-order valence-corrected chi connectivity index (χ4v) is 3.88. The second kappa shape index (κ2) is 6.85. The Morgan fingerprint density at radius 3 is 2.48 bits per heavy atom. The lowest BCUT2D eigenvalue weighted by Gasteiger charge is -2.25. The number of nitrogens with zero attached hydrogens (tertiary/aromatic N) is 2. The Balaban J connectivity index is 2.61. The number of benzene rings is 1. The number of aromatic nitrogens is 1. The first kappa shape index (κ1) is 19.5. The van der Waals surface area contributed by atoms with Gasteiger partial charge in [0.2, 0.25) is 0 Å². The quantitative estimate of drug-likeness (QED) is 0.708. The molecule has 0 saturated heterocycles. The molecule has 6 nitrogen and oxygen atoms in total. The summed E-state index contributed by atoms with van der Waals surface area (Å²) in [6.45, 7) is 4.60. The van der Waals surface area contributed by atoms with Crippen LogP contribution in [-0.2, 0) is 14.8 Å². The topological polar surface area (TPSA) is 76.6 Å². The predicted molar refractivity (Wildman–Crippen MR) is 89.4 cm³/mol. The van der Waals surface area contributed by atoms with Crippen LogP contribution < -0.4 is 4.31 Å². The Kier molecular flexibility index (Phi) is 5.35. The van der Waals surface area contributed by atoms with Crippen LogP contribution in [0.2, 0.25) is 5.02 Å². The van der Waals surface area contributed by atoms with Gasteiger partial charge in [0.15, 0.2) is 11.6 Å². The Bertz CT molecular complexity index is 896. The van der Waals surface area contributed by atoms with Crippen molar-refractivity contribution in [2.75, 3.05) is 4.31 Å². The highest BCUT2D eigenvalue weighted by Crippen LogP contribution is 2.31. The second-order valence-corrected chi connectivity index (χ2v) is 8.62. The molecule has 0 unspecified atom stereocenters. The van der Waals surface area contributed by atoms with E-state index < -0.39 is 43.3 Å². The van der Waals surface area contributed by atoms with E-state index in [4.69, 9.17) is 16.3 Å². The molecule has 0 atom stereocenters. The van der Waals surface area contributed by atoms with Crippen molar-refractivity contribution >= 4 is 44.9 Å². The molecule has 0 aliphatic carbocycles. The first-order valence-corrected chi connectivity index (χ1v) is 9.51. The summed E-state index contributed by atoms with van der Waals surface area (Å²) in [6.07, 6.45) is -1.28. The van der Waals surface area contributed by atoms with E-state index in [9.17, 15) is 22.0 Å². The van der Waals surface area contributed by atoms with Gasteiger partial charge in [0.05, 0.1) is 5.51 Å². The van der Waals surface area contributed by atoms with Crippen LogP contribution in [-0.4, -0.2) is 25.1 Å². The minimum absolute atomic E-state index is 0.210. The van der Waals surface area contributed by atoms with Crippen molar-refractivity contribution in [1.82, 2.24) is 4.98 Å². The van der Waals surface area contributed by atoms with Crippen molar-refractivity contribution in [2.24, 2.45) is 0 Å². The predicted octanol–water partition coefficient (Wildman–Crippen LogP) is 4.21. The highest BCUT2D eigenvalue weighted by Gasteiger charge is 2.38. The van der Waals surface area contributed by atoms with Gasteiger partial charge < -0.3 is 4.74 Å². The van der Waals surface area contributed by atoms with Gasteiger partial charge in [0.1, 0.15) is 21.3 Å². The van der Waals surface area contributed by atoms with Crippen molar-refractivity contribution in [3.8, 4) is 0 Å². The second-order valence-electron chi connectivity index (χ2n) is 5.77. The first-order chi connectivity index (χ1) is 11.4. The van der Waals surface area contributed by atoms with Gasteiger partial charge >= 0.3 is 6.09 Å². The fraction of sp³-hybridized carbons (Fsp3) is 0.286. The van der Waals surface area contributed by atoms with Gasteiger partial charge in [-0.1, -0.05) is 11.6 Å². The lowest BCUT2D eigenvalue weighted by Crippen LogP contribution is -2.41. The summed E-state index contributed by atoms with van der Waals surface area (Å²) in [5.41, 5.74) is 0.274. The number of sulfonamides is 1. The summed E-state index contributed by atoms with van der Waals surface area (Å²) < 4.78 is 58.4. The van der Waals surface area contributed by atoms with Crippen molar-refractivity contribution in [3.05, 3.63) is 39.7 Å². The molecule has 2 aromatic rings. The highest BCUT2D eigenvalue weighted by atomic mass is 35.5. The monoisotopic (exact) mass is 410 g/mol. The highest BCUT2D eigenvalue weighted by molar-refractivity contribution is 7.93. The molecule has 0 spiro atoms. The lowest BCUT2D eigenvalue weighted by atomic mass is 10.2. The van der Waals surface area contributed by atoms with Crippen LogP contribution in [0.5, 0.6) is 0 Å². The van der Waals surface area contributed by atoms with Crippen LogP contribution in [0.25, 0.3) is 0 Å². The molecule has 0 radical (unpaired) electrons. The van der Waals surface area contributed by atoms with E-state index >= 15 is 0 Å². The number of hydrogen-bond acceptors (Lipinski definition) is 6. The van der Waals surface area contributed by atoms with Crippen LogP contribution in [0.3, 0.4) is 0 Å². The number of carbonyl (C=O) groups excluding carboxylic acids is 1. The molecule has 25 heavy (non-hydrogen) atoms. The van der Waals surface area contributed by atoms with E-state index in [0.29, 0.717) is 12.1 Å². The normalized spacial score (nSPS) is 12.1. The third-order valence-electron chi connectivity index (χ3n) is 2.70. The molecule has 1 amide bonds. The maximum Gasteiger partial charge on any atom is 0.430 e. The van der Waals surface area contributed by atoms with Gasteiger partial charge in [-0.3, -0.25) is 0 Å². The van der Waals surface area contributed by atoms with E-state index in [1.807, 2.05) is 0 Å². The third kappa shape index (κ3) is 4.07. The zero-order valence-electron chi connectivity index (χ0n) is 13.3. The Labute approximate surface area is 152 Å². The van der Waals surface area contributed by atoms with Crippen molar-refractivity contribution in [3.63, 3.8) is 0 Å². The Morgan fingerprint density at radius 2 is 1.96 bits per heavy atom. The molecule has 1 heterocycles. The van der Waals surface area contributed by atoms with Crippen LogP contribution in [0.1, 0.15) is 20.8 Å². The van der Waals surface area contributed by atoms with E-state index in [1.54, 1.807) is 0 Å². The number of thiazole rings is 1. The van der Waals surface area contributed by atoms with Crippen molar-refractivity contribution in [1.29, 1.82) is 0 Å². The van der Waals surface area contributed by atoms with Crippen molar-refractivity contribution in [2.45, 2.75) is 31.3 Å². The van der Waals surface area contributed by atoms with Gasteiger partial charge in [0, 0.05) is 5.38 Å². The number of ether oxygens (including phenoxy) is 1. The molecule has 0 saturated carbocycles. The van der Waals surface area contributed by atoms with Crippen LogP contribution in [0.15, 0.2) is 27.9 Å². The molecule has 0 bridgehead atoms. The largest absolute Gasteiger partial charge is 0.443 e. The summed E-state index contributed by atoms with van der Waals surface area (Å²) in [6, 6.07) is 1.36. The van der Waals surface area contributed by atoms with Gasteiger partial charge in [0.25, 0.3) is 10.0 Å². The smallest absolute Gasteiger partial charge is 0.430 e. The SMILES string of the molecule is CC(C)(C)OC(=O)N(c1cscn1)S(=O)(=O)c1ccc(F)c(Cl)c1F. The maximum atomic E-state index is 14.2. The summed E-state index contributed by atoms with van der Waals surface area (Å²) in [4.78, 5) is 15.2. The molecule has 0 N–H and O–H groups in total. The number of anilines is 1. The van der Waals surface area contributed by atoms with E-state index in [2.05, 4.69) is 4.98 Å².